The normalized spacial score (nSPS) is 15.0. The number of ether oxygens (including phenoxy) is 1. The molecule has 1 aliphatic rings. The van der Waals surface area contributed by atoms with Gasteiger partial charge < -0.3 is 15.0 Å². The minimum absolute atomic E-state index is 0.0143. The fraction of sp³-hybridized carbons (Fsp3) is 0.375. The zero-order chi connectivity index (χ0) is 30.0. The van der Waals surface area contributed by atoms with Crippen molar-refractivity contribution in [1.29, 1.82) is 15.9 Å². The van der Waals surface area contributed by atoms with Gasteiger partial charge in [0.25, 0.3) is 5.91 Å². The highest BCUT2D eigenvalue weighted by molar-refractivity contribution is 6.05. The second kappa shape index (κ2) is 10.9. The molecule has 212 valence electrons. The summed E-state index contributed by atoms with van der Waals surface area (Å²) in [4.78, 5) is 14.6. The quantitative estimate of drug-likeness (QED) is 0.241. The molecule has 1 fully saturated rings. The Morgan fingerprint density at radius 1 is 1.25 bits per heavy atom. The zero-order valence-corrected chi connectivity index (χ0v) is 20.8. The molecule has 1 amide bonds. The molecule has 1 heterocycles. The fourth-order valence-corrected chi connectivity index (χ4v) is 3.88. The first kappa shape index (κ1) is 29.9. The van der Waals surface area contributed by atoms with Crippen molar-refractivity contribution in [3.8, 4) is 23.3 Å². The van der Waals surface area contributed by atoms with Crippen molar-refractivity contribution >= 4 is 17.4 Å². The van der Waals surface area contributed by atoms with Gasteiger partial charge in [-0.2, -0.15) is 46.4 Å². The Hall–Kier alpha value is -4.60. The van der Waals surface area contributed by atoms with Gasteiger partial charge in [0.2, 0.25) is 0 Å². The number of amides is 1. The molecule has 0 radical (unpaired) electrons. The fourth-order valence-electron chi connectivity index (χ4n) is 3.88. The summed E-state index contributed by atoms with van der Waals surface area (Å²) in [5, 5.41) is 32.3. The molecule has 0 saturated heterocycles. The zero-order valence-electron chi connectivity index (χ0n) is 20.8. The first-order valence-electron chi connectivity index (χ1n) is 11.4. The second-order valence-corrected chi connectivity index (χ2v) is 8.49. The van der Waals surface area contributed by atoms with Crippen molar-refractivity contribution in [3.05, 3.63) is 47.5 Å². The van der Waals surface area contributed by atoms with Crippen LogP contribution in [-0.4, -0.2) is 64.1 Å². The highest BCUT2D eigenvalue weighted by Gasteiger charge is 2.62. The van der Waals surface area contributed by atoms with Crippen molar-refractivity contribution in [3.63, 3.8) is 0 Å². The number of nitrogens with zero attached hydrogens (tertiary/aromatic N) is 5. The Morgan fingerprint density at radius 3 is 2.38 bits per heavy atom. The van der Waals surface area contributed by atoms with Crippen LogP contribution >= 0.6 is 0 Å². The monoisotopic (exact) mass is 571 g/mol. The van der Waals surface area contributed by atoms with Crippen molar-refractivity contribution in [2.75, 3.05) is 13.6 Å². The number of alkyl halides is 7. The molecule has 0 aliphatic heterocycles. The number of carbonyl (C=O) groups is 1. The van der Waals surface area contributed by atoms with E-state index in [9.17, 15) is 46.1 Å². The number of halogens is 7. The van der Waals surface area contributed by atoms with E-state index < -0.39 is 47.4 Å². The molecule has 16 heteroatoms. The first-order valence-corrected chi connectivity index (χ1v) is 11.4. The van der Waals surface area contributed by atoms with Gasteiger partial charge in [0, 0.05) is 25.4 Å². The van der Waals surface area contributed by atoms with E-state index in [0.29, 0.717) is 17.5 Å². The topological polar surface area (TPSA) is 131 Å². The van der Waals surface area contributed by atoms with Crippen molar-refractivity contribution in [1.82, 2.24) is 20.0 Å². The van der Waals surface area contributed by atoms with Crippen molar-refractivity contribution < 1.29 is 40.3 Å². The average Bonchev–Trinajstić information content (AvgIpc) is 3.54. The number of rotatable bonds is 10. The number of carbonyl (C=O) groups excluding carboxylic acids is 1. The second-order valence-electron chi connectivity index (χ2n) is 8.49. The summed E-state index contributed by atoms with van der Waals surface area (Å²) in [7, 11) is 0.991. The van der Waals surface area contributed by atoms with Gasteiger partial charge in [-0.15, -0.1) is 0 Å². The average molecular weight is 571 g/mol. The van der Waals surface area contributed by atoms with Crippen LogP contribution in [0.15, 0.2) is 36.4 Å². The Bertz CT molecular complexity index is 1430. The van der Waals surface area contributed by atoms with Gasteiger partial charge in [0.05, 0.1) is 29.5 Å². The summed E-state index contributed by atoms with van der Waals surface area (Å²) in [6, 6.07) is 7.99. The summed E-state index contributed by atoms with van der Waals surface area (Å²) < 4.78 is 96.8. The molecule has 0 atom stereocenters. The lowest BCUT2D eigenvalue weighted by atomic mass is 10.00. The largest absolute Gasteiger partial charge is 0.459 e. The Kier molecular flexibility index (Phi) is 8.14. The van der Waals surface area contributed by atoms with Gasteiger partial charge >= 0.3 is 18.7 Å². The van der Waals surface area contributed by atoms with Crippen LogP contribution in [0.25, 0.3) is 16.9 Å². The first-order chi connectivity index (χ1) is 18.7. The molecule has 3 rings (SSSR count). The van der Waals surface area contributed by atoms with Gasteiger partial charge in [-0.05, 0) is 37.5 Å². The van der Waals surface area contributed by atoms with Crippen LogP contribution < -0.4 is 5.32 Å². The molecule has 0 unspecified atom stereocenters. The van der Waals surface area contributed by atoms with Crippen LogP contribution in [0.4, 0.5) is 30.7 Å². The maximum Gasteiger partial charge on any atom is 0.459 e. The van der Waals surface area contributed by atoms with Gasteiger partial charge in [-0.3, -0.25) is 10.2 Å². The number of benzene rings is 1. The van der Waals surface area contributed by atoms with E-state index in [1.165, 1.54) is 23.1 Å². The third-order valence-electron chi connectivity index (χ3n) is 6.08. The summed E-state index contributed by atoms with van der Waals surface area (Å²) >= 11 is 0. The van der Waals surface area contributed by atoms with Crippen LogP contribution in [0.3, 0.4) is 0 Å². The van der Waals surface area contributed by atoms with E-state index in [1.54, 1.807) is 6.92 Å². The molecule has 1 aromatic heterocycles. The highest BCUT2D eigenvalue weighted by Crippen LogP contribution is 2.42. The van der Waals surface area contributed by atoms with Gasteiger partial charge in [0.1, 0.15) is 5.54 Å². The molecule has 40 heavy (non-hydrogen) atoms. The lowest BCUT2D eigenvalue weighted by molar-refractivity contribution is -0.250. The third kappa shape index (κ3) is 5.42. The summed E-state index contributed by atoms with van der Waals surface area (Å²) in [5.74, 6) is -9.19. The van der Waals surface area contributed by atoms with Crippen LogP contribution in [0.2, 0.25) is 0 Å². The molecule has 9 nitrogen and oxygen atoms in total. The smallest absolute Gasteiger partial charge is 0.429 e. The summed E-state index contributed by atoms with van der Waals surface area (Å²) in [6.45, 7) is -2.02. The lowest BCUT2D eigenvalue weighted by Gasteiger charge is -2.26. The van der Waals surface area contributed by atoms with E-state index in [0.717, 1.165) is 19.4 Å². The summed E-state index contributed by atoms with van der Waals surface area (Å²) in [6.07, 6.45) is -3.25. The number of nitriles is 2. The molecule has 0 spiro atoms. The Morgan fingerprint density at radius 2 is 1.90 bits per heavy atom. The number of hydrogen-bond donors (Lipinski definition) is 2. The van der Waals surface area contributed by atoms with E-state index in [1.807, 2.05) is 6.07 Å². The molecule has 0 bridgehead atoms. The Labute approximate surface area is 222 Å². The minimum Gasteiger partial charge on any atom is -0.429 e. The van der Waals surface area contributed by atoms with E-state index >= 15 is 0 Å². The lowest BCUT2D eigenvalue weighted by Crippen LogP contribution is -2.45. The van der Waals surface area contributed by atoms with E-state index in [-0.39, 0.29) is 28.8 Å². The van der Waals surface area contributed by atoms with Crippen LogP contribution in [0.1, 0.15) is 35.7 Å². The minimum atomic E-state index is -6.28. The number of nitrogens with one attached hydrogen (secondary N) is 2. The van der Waals surface area contributed by atoms with Crippen molar-refractivity contribution in [2.45, 2.75) is 44.0 Å². The maximum absolute atomic E-state index is 13.9. The molecule has 1 aromatic carbocycles. The third-order valence-corrected chi connectivity index (χ3v) is 6.08. The van der Waals surface area contributed by atoms with E-state index in [4.69, 9.17) is 5.41 Å². The number of hydrogen-bond acceptors (Lipinski definition) is 7. The van der Waals surface area contributed by atoms with Gasteiger partial charge in [-0.1, -0.05) is 6.07 Å². The molecule has 1 saturated carbocycles. The van der Waals surface area contributed by atoms with Gasteiger partial charge in [0.15, 0.2) is 17.3 Å². The number of allylic oxidation sites excluding steroid dienone is 1. The van der Waals surface area contributed by atoms with Crippen LogP contribution in [0, 0.1) is 28.1 Å². The van der Waals surface area contributed by atoms with Crippen LogP contribution in [0.5, 0.6) is 0 Å². The summed E-state index contributed by atoms with van der Waals surface area (Å²) in [5.41, 5.74) is -3.29. The molecular weight excluding hydrogens is 551 g/mol. The van der Waals surface area contributed by atoms with E-state index in [2.05, 4.69) is 21.2 Å². The molecule has 2 aromatic rings. The Balaban J connectivity index is 2.09. The molecule has 1 aliphatic carbocycles. The predicted octanol–water partition coefficient (Wildman–Crippen LogP) is 4.74. The van der Waals surface area contributed by atoms with Gasteiger partial charge in [-0.25, -0.2) is 4.68 Å². The standard InChI is InChI=1S/C24H20F7N7O2/c1-3-37(22(12-33)6-7-22)20(39)16-8-13(4-5-14(16)9-32)15-10-36-38(11-15)19(35-2)17(40-21(25)26)18(34)23(27,28)24(29,30)31/h4-5,8,10-11,21,34-35H,3,6-7H2,1-2H3/b19-17-,34-18?. The highest BCUT2D eigenvalue weighted by atomic mass is 19.4. The predicted molar refractivity (Wildman–Crippen MR) is 125 cm³/mol. The SMILES string of the molecule is CCN(C(=O)c1cc(-c2cnn(/C(NC)=C(\OC(F)F)C(=N)C(F)(F)C(F)(F)F)c2)ccc1C#N)C1(C#N)CC1. The molecular formula is C24H20F7N7O2. The molecule has 2 N–H and O–H groups in total. The van der Waals surface area contributed by atoms with Crippen LogP contribution in [-0.2, 0) is 4.74 Å². The number of aromatic nitrogens is 2. The van der Waals surface area contributed by atoms with Crippen molar-refractivity contribution in [2.24, 2.45) is 0 Å². The maximum atomic E-state index is 13.9.